The summed E-state index contributed by atoms with van der Waals surface area (Å²) in [5.74, 6) is 0.133. The predicted molar refractivity (Wildman–Crippen MR) is 153 cm³/mol. The van der Waals surface area contributed by atoms with Crippen molar-refractivity contribution >= 4 is 5.91 Å². The Labute approximate surface area is 240 Å². The summed E-state index contributed by atoms with van der Waals surface area (Å²) in [6, 6.07) is 22.8. The number of aliphatic hydroxyl groups excluding tert-OH is 1. The van der Waals surface area contributed by atoms with E-state index in [9.17, 15) is 19.5 Å². The highest BCUT2D eigenvalue weighted by molar-refractivity contribution is 5.91. The molecule has 10 heteroatoms. The van der Waals surface area contributed by atoms with Gasteiger partial charge in [0.15, 0.2) is 12.4 Å². The van der Waals surface area contributed by atoms with E-state index in [0.717, 1.165) is 15.7 Å². The highest BCUT2D eigenvalue weighted by atomic mass is 19.1. The molecule has 2 aliphatic heterocycles. The minimum atomic E-state index is -1.95. The Bertz CT molecular complexity index is 1750. The van der Waals surface area contributed by atoms with Crippen LogP contribution in [0.5, 0.6) is 11.5 Å². The van der Waals surface area contributed by atoms with Gasteiger partial charge in [0.1, 0.15) is 23.7 Å². The Balaban J connectivity index is 1.30. The summed E-state index contributed by atoms with van der Waals surface area (Å²) in [7, 11) is 1.57. The molecule has 0 spiro atoms. The third kappa shape index (κ3) is 4.72. The number of hydrogen-bond acceptors (Lipinski definition) is 6. The second-order valence-corrected chi connectivity index (χ2v) is 10.6. The Kier molecular flexibility index (Phi) is 7.26. The normalized spacial score (nSPS) is 22.6. The molecule has 4 aromatic rings. The van der Waals surface area contributed by atoms with E-state index in [-0.39, 0.29) is 18.0 Å². The maximum atomic E-state index is 15.3. The molecule has 1 aromatic heterocycles. The minimum absolute atomic E-state index is 0.136. The quantitative estimate of drug-likeness (QED) is 0.365. The van der Waals surface area contributed by atoms with Crippen molar-refractivity contribution in [2.45, 2.75) is 43.9 Å². The van der Waals surface area contributed by atoms with E-state index in [1.807, 2.05) is 72.8 Å². The molecule has 1 saturated heterocycles. The number of likely N-dealkylation sites (N-methyl/N-ethyl adjacent to an activating group) is 1. The smallest absolute Gasteiger partial charge is 0.330 e. The SMILES string of the molecule is CCc1cn([C@@H]2O[C@H](CN(C)C(=O)[C@H]3c4ccccc4Oc4c(-c5ccccc5)cccc43)[C@@H](O)[C@H]2F)c(=O)[nH]c1=O. The number of rotatable bonds is 6. The van der Waals surface area contributed by atoms with E-state index in [0.29, 0.717) is 29.0 Å². The minimum Gasteiger partial charge on any atom is -0.456 e. The molecule has 3 heterocycles. The lowest BCUT2D eigenvalue weighted by Crippen LogP contribution is -2.42. The Morgan fingerprint density at radius 1 is 1.02 bits per heavy atom. The fourth-order valence-electron chi connectivity index (χ4n) is 5.72. The molecule has 5 atom stereocenters. The van der Waals surface area contributed by atoms with Crippen molar-refractivity contribution in [1.82, 2.24) is 14.5 Å². The van der Waals surface area contributed by atoms with Gasteiger partial charge in [-0.25, -0.2) is 9.18 Å². The van der Waals surface area contributed by atoms with E-state index < -0.39 is 41.8 Å². The van der Waals surface area contributed by atoms with Gasteiger partial charge in [-0.2, -0.15) is 0 Å². The fraction of sp³-hybridized carbons (Fsp3) is 0.281. The molecule has 0 saturated carbocycles. The number of amides is 1. The number of para-hydroxylation sites is 2. The zero-order chi connectivity index (χ0) is 29.5. The molecule has 0 unspecified atom stereocenters. The number of aliphatic hydroxyl groups is 1. The third-order valence-electron chi connectivity index (χ3n) is 7.95. The van der Waals surface area contributed by atoms with E-state index in [1.54, 1.807) is 14.0 Å². The first-order valence-corrected chi connectivity index (χ1v) is 13.8. The van der Waals surface area contributed by atoms with Gasteiger partial charge in [0, 0.05) is 42.0 Å². The van der Waals surface area contributed by atoms with Crippen LogP contribution in [0.15, 0.2) is 88.6 Å². The Morgan fingerprint density at radius 2 is 1.74 bits per heavy atom. The van der Waals surface area contributed by atoms with Gasteiger partial charge in [-0.15, -0.1) is 0 Å². The standard InChI is InChI=1S/C32H30FN3O6/c1-3-18-16-36(32(40)34-29(18)38)31-26(33)27(37)24(42-31)17-35(2)30(39)25-21-12-7-8-15-23(21)41-28-20(13-9-14-22(25)28)19-10-5-4-6-11-19/h4-16,24-27,31,37H,3,17H2,1-2H3,(H,34,38,40)/t24-,25+,26-,27-,31-/m1/s1. The van der Waals surface area contributed by atoms with E-state index in [1.165, 1.54) is 11.1 Å². The number of nitrogens with one attached hydrogen (secondary N) is 1. The first-order valence-electron chi connectivity index (χ1n) is 13.8. The number of fused-ring (bicyclic) bond motifs is 2. The highest BCUT2D eigenvalue weighted by Crippen LogP contribution is 2.48. The predicted octanol–water partition coefficient (Wildman–Crippen LogP) is 3.76. The number of hydrogen-bond donors (Lipinski definition) is 2. The van der Waals surface area contributed by atoms with Crippen LogP contribution in [0.2, 0.25) is 0 Å². The van der Waals surface area contributed by atoms with Crippen molar-refractivity contribution in [3.05, 3.63) is 117 Å². The van der Waals surface area contributed by atoms with Gasteiger partial charge in [-0.3, -0.25) is 19.1 Å². The molecule has 9 nitrogen and oxygen atoms in total. The van der Waals surface area contributed by atoms with Crippen molar-refractivity contribution in [1.29, 1.82) is 0 Å². The Morgan fingerprint density at radius 3 is 2.50 bits per heavy atom. The van der Waals surface area contributed by atoms with Crippen molar-refractivity contribution in [3.8, 4) is 22.6 Å². The zero-order valence-electron chi connectivity index (χ0n) is 23.1. The largest absolute Gasteiger partial charge is 0.456 e. The summed E-state index contributed by atoms with van der Waals surface area (Å²) >= 11 is 0. The monoisotopic (exact) mass is 571 g/mol. The maximum Gasteiger partial charge on any atom is 0.330 e. The summed E-state index contributed by atoms with van der Waals surface area (Å²) < 4.78 is 28.4. The van der Waals surface area contributed by atoms with Gasteiger partial charge in [-0.1, -0.05) is 73.7 Å². The van der Waals surface area contributed by atoms with Gasteiger partial charge >= 0.3 is 5.69 Å². The number of ether oxygens (including phenoxy) is 2. The molecular formula is C32H30FN3O6. The van der Waals surface area contributed by atoms with Gasteiger partial charge in [0.05, 0.1) is 5.92 Å². The van der Waals surface area contributed by atoms with Crippen LogP contribution in [0.1, 0.15) is 35.8 Å². The number of aromatic nitrogens is 2. The van der Waals surface area contributed by atoms with Crippen LogP contribution in [0.3, 0.4) is 0 Å². The highest BCUT2D eigenvalue weighted by Gasteiger charge is 2.47. The molecule has 0 radical (unpaired) electrons. The van der Waals surface area contributed by atoms with Crippen LogP contribution in [-0.4, -0.2) is 57.4 Å². The summed E-state index contributed by atoms with van der Waals surface area (Å²) in [6.07, 6.45) is -4.56. The number of nitrogens with zero attached hydrogens (tertiary/aromatic N) is 2. The number of alkyl halides is 1. The summed E-state index contributed by atoms with van der Waals surface area (Å²) in [6.45, 7) is 1.60. The fourth-order valence-corrected chi connectivity index (χ4v) is 5.72. The van der Waals surface area contributed by atoms with Crippen LogP contribution >= 0.6 is 0 Å². The van der Waals surface area contributed by atoms with Crippen LogP contribution < -0.4 is 16.0 Å². The van der Waals surface area contributed by atoms with Gasteiger partial charge in [0.25, 0.3) is 5.56 Å². The summed E-state index contributed by atoms with van der Waals surface area (Å²) in [5.41, 5.74) is 2.05. The maximum absolute atomic E-state index is 15.3. The number of aromatic amines is 1. The molecule has 0 bridgehead atoms. The van der Waals surface area contributed by atoms with Gasteiger partial charge in [0.2, 0.25) is 5.91 Å². The first kappa shape index (κ1) is 27.6. The number of benzene rings is 3. The molecular weight excluding hydrogens is 541 g/mol. The first-order chi connectivity index (χ1) is 20.3. The van der Waals surface area contributed by atoms with E-state index in [2.05, 4.69) is 4.98 Å². The average Bonchev–Trinajstić information content (AvgIpc) is 3.28. The number of carbonyl (C=O) groups is 1. The van der Waals surface area contributed by atoms with Crippen LogP contribution in [0.25, 0.3) is 11.1 Å². The number of H-pyrrole nitrogens is 1. The molecule has 1 fully saturated rings. The number of halogens is 1. The average molecular weight is 572 g/mol. The second kappa shape index (κ2) is 11.0. The molecule has 0 aliphatic carbocycles. The van der Waals surface area contributed by atoms with Gasteiger partial charge < -0.3 is 19.5 Å². The molecule has 2 aliphatic rings. The molecule has 42 heavy (non-hydrogen) atoms. The topological polar surface area (TPSA) is 114 Å². The lowest BCUT2D eigenvalue weighted by atomic mass is 9.84. The van der Waals surface area contributed by atoms with Crippen molar-refractivity contribution in [3.63, 3.8) is 0 Å². The molecule has 2 N–H and O–H groups in total. The van der Waals surface area contributed by atoms with E-state index in [4.69, 9.17) is 9.47 Å². The summed E-state index contributed by atoms with van der Waals surface area (Å²) in [5, 5.41) is 10.7. The summed E-state index contributed by atoms with van der Waals surface area (Å²) in [4.78, 5) is 42.1. The van der Waals surface area contributed by atoms with E-state index >= 15 is 4.39 Å². The zero-order valence-corrected chi connectivity index (χ0v) is 23.1. The van der Waals surface area contributed by atoms with Crippen molar-refractivity contribution in [2.24, 2.45) is 0 Å². The van der Waals surface area contributed by atoms with Crippen LogP contribution in [-0.2, 0) is 16.0 Å². The third-order valence-corrected chi connectivity index (χ3v) is 7.95. The number of aryl methyl sites for hydroxylation is 1. The molecule has 6 rings (SSSR count). The second-order valence-electron chi connectivity index (χ2n) is 10.6. The van der Waals surface area contributed by atoms with Crippen LogP contribution in [0, 0.1) is 0 Å². The lowest BCUT2D eigenvalue weighted by Gasteiger charge is -2.32. The number of carbonyl (C=O) groups excluding carboxylic acids is 1. The lowest BCUT2D eigenvalue weighted by molar-refractivity contribution is -0.133. The van der Waals surface area contributed by atoms with Crippen molar-refractivity contribution < 1.29 is 23.8 Å². The molecule has 1 amide bonds. The molecule has 216 valence electrons. The van der Waals surface area contributed by atoms with Crippen LogP contribution in [0.4, 0.5) is 4.39 Å². The Hall–Kier alpha value is -4.54. The van der Waals surface area contributed by atoms with Gasteiger partial charge in [-0.05, 0) is 18.1 Å². The van der Waals surface area contributed by atoms with Crippen molar-refractivity contribution in [2.75, 3.05) is 13.6 Å². The molecule has 3 aromatic carbocycles.